The molecule has 0 aromatic heterocycles. The zero-order valence-corrected chi connectivity index (χ0v) is 12.7. The van der Waals surface area contributed by atoms with E-state index in [0.717, 1.165) is 45.1 Å². The molecule has 0 unspecified atom stereocenters. The molecule has 0 atom stereocenters. The lowest BCUT2D eigenvalue weighted by molar-refractivity contribution is -0.146. The van der Waals surface area contributed by atoms with Crippen LogP contribution >= 0.6 is 0 Å². The number of methoxy groups -OCH3 is 2. The van der Waals surface area contributed by atoms with Gasteiger partial charge in [-0.2, -0.15) is 0 Å². The Balaban J connectivity index is 0.00000361. The predicted octanol–water partition coefficient (Wildman–Crippen LogP) is 1.81. The molecule has 0 aromatic carbocycles. The summed E-state index contributed by atoms with van der Waals surface area (Å²) in [4.78, 5) is 22.3. The number of ether oxygens (including phenoxy) is 2. The summed E-state index contributed by atoms with van der Waals surface area (Å²) in [6.45, 7) is 0.921. The fourth-order valence-electron chi connectivity index (χ4n) is 2.50. The lowest BCUT2D eigenvalue weighted by Crippen LogP contribution is -2.35. The van der Waals surface area contributed by atoms with Crippen molar-refractivity contribution in [2.45, 2.75) is 51.0 Å². The van der Waals surface area contributed by atoms with Gasteiger partial charge in [-0.05, 0) is 45.1 Å². The van der Waals surface area contributed by atoms with Gasteiger partial charge in [-0.25, -0.2) is 0 Å². The van der Waals surface area contributed by atoms with Gasteiger partial charge in [0.25, 0.3) is 0 Å². The molecule has 4 N–H and O–H groups in total. The van der Waals surface area contributed by atoms with Crippen LogP contribution in [0.5, 0.6) is 0 Å². The van der Waals surface area contributed by atoms with Crippen LogP contribution in [-0.2, 0) is 19.1 Å². The van der Waals surface area contributed by atoms with Crippen LogP contribution < -0.4 is 11.5 Å². The Bertz CT molecular complexity index is 289. The molecule has 0 radical (unpaired) electrons. The lowest BCUT2D eigenvalue weighted by atomic mass is 9.86. The summed E-state index contributed by atoms with van der Waals surface area (Å²) in [6.07, 6.45) is 6.20. The van der Waals surface area contributed by atoms with E-state index in [0.29, 0.717) is 12.5 Å². The first-order valence-corrected chi connectivity index (χ1v) is 7.05. The van der Waals surface area contributed by atoms with Crippen molar-refractivity contribution in [3.8, 4) is 0 Å². The molecule has 1 saturated carbocycles. The summed E-state index contributed by atoms with van der Waals surface area (Å²) in [7, 11) is 2.87. The van der Waals surface area contributed by atoms with Crippen LogP contribution in [-0.4, -0.2) is 38.7 Å². The van der Waals surface area contributed by atoms with E-state index in [2.05, 4.69) is 10.1 Å². The summed E-state index contributed by atoms with van der Waals surface area (Å²) in [5.41, 5.74) is 0. The molecule has 0 saturated heterocycles. The fraction of sp³-hybridized carbons (Fsp3) is 0.857. The number of rotatable bonds is 7. The SMILES string of the molecule is COC(=O)CCCCNC1CCC(C(=O)OC)CC1.N. The number of unbranched alkanes of at least 4 members (excludes halogenated alkanes) is 1. The quantitative estimate of drug-likeness (QED) is 0.547. The van der Waals surface area contributed by atoms with E-state index in [4.69, 9.17) is 4.74 Å². The predicted molar refractivity (Wildman–Crippen MR) is 76.7 cm³/mol. The standard InChI is InChI=1S/C14H25NO4.H3N/c1-18-13(16)5-3-4-10-15-12-8-6-11(7-9-12)14(17)19-2;/h11-12,15H,3-10H2,1-2H3;1H3. The second-order valence-corrected chi connectivity index (χ2v) is 5.06. The van der Waals surface area contributed by atoms with Crippen LogP contribution in [0.2, 0.25) is 0 Å². The van der Waals surface area contributed by atoms with Gasteiger partial charge < -0.3 is 20.9 Å². The molecular weight excluding hydrogens is 260 g/mol. The first-order chi connectivity index (χ1) is 9.17. The Kier molecular flexibility index (Phi) is 10.0. The van der Waals surface area contributed by atoms with E-state index >= 15 is 0 Å². The van der Waals surface area contributed by atoms with Gasteiger partial charge >= 0.3 is 11.9 Å². The average molecular weight is 288 g/mol. The van der Waals surface area contributed by atoms with Crippen molar-refractivity contribution in [2.75, 3.05) is 20.8 Å². The number of carbonyl (C=O) groups excluding carboxylic acids is 2. The van der Waals surface area contributed by atoms with Crippen LogP contribution in [0.15, 0.2) is 0 Å². The maximum atomic E-state index is 11.4. The van der Waals surface area contributed by atoms with E-state index in [1.807, 2.05) is 0 Å². The molecule has 1 fully saturated rings. The van der Waals surface area contributed by atoms with Crippen molar-refractivity contribution in [1.82, 2.24) is 11.5 Å². The third-order valence-electron chi connectivity index (χ3n) is 3.73. The molecular formula is C14H28N2O4. The zero-order chi connectivity index (χ0) is 14.1. The molecule has 0 aliphatic heterocycles. The summed E-state index contributed by atoms with van der Waals surface area (Å²) < 4.78 is 9.36. The Morgan fingerprint density at radius 2 is 1.70 bits per heavy atom. The molecule has 0 amide bonds. The number of hydrogen-bond donors (Lipinski definition) is 2. The van der Waals surface area contributed by atoms with E-state index < -0.39 is 0 Å². The lowest BCUT2D eigenvalue weighted by Gasteiger charge is -2.27. The molecule has 6 nitrogen and oxygen atoms in total. The summed E-state index contributed by atoms with van der Waals surface area (Å²) in [5, 5.41) is 3.49. The molecule has 1 aliphatic carbocycles. The topological polar surface area (TPSA) is 99.6 Å². The van der Waals surface area contributed by atoms with E-state index in [-0.39, 0.29) is 24.0 Å². The molecule has 20 heavy (non-hydrogen) atoms. The maximum absolute atomic E-state index is 11.4. The highest BCUT2D eigenvalue weighted by molar-refractivity contribution is 5.72. The smallest absolute Gasteiger partial charge is 0.308 e. The summed E-state index contributed by atoms with van der Waals surface area (Å²) in [6, 6.07) is 0.499. The van der Waals surface area contributed by atoms with Crippen LogP contribution in [0.25, 0.3) is 0 Å². The minimum atomic E-state index is -0.140. The number of carbonyl (C=O) groups is 2. The van der Waals surface area contributed by atoms with Crippen molar-refractivity contribution in [3.63, 3.8) is 0 Å². The third kappa shape index (κ3) is 6.86. The first kappa shape index (κ1) is 18.9. The minimum Gasteiger partial charge on any atom is -0.469 e. The van der Waals surface area contributed by atoms with Gasteiger partial charge in [-0.15, -0.1) is 0 Å². The summed E-state index contributed by atoms with van der Waals surface area (Å²) in [5.74, 6) is -0.127. The Morgan fingerprint density at radius 3 is 2.25 bits per heavy atom. The van der Waals surface area contributed by atoms with E-state index in [9.17, 15) is 9.59 Å². The Morgan fingerprint density at radius 1 is 1.05 bits per heavy atom. The van der Waals surface area contributed by atoms with Crippen molar-refractivity contribution in [1.29, 1.82) is 0 Å². The Hall–Kier alpha value is -1.14. The highest BCUT2D eigenvalue weighted by Crippen LogP contribution is 2.25. The molecule has 0 heterocycles. The normalized spacial score (nSPS) is 21.7. The zero-order valence-electron chi connectivity index (χ0n) is 12.7. The van der Waals surface area contributed by atoms with Crippen molar-refractivity contribution in [3.05, 3.63) is 0 Å². The highest BCUT2D eigenvalue weighted by Gasteiger charge is 2.26. The van der Waals surface area contributed by atoms with Crippen LogP contribution in [0.3, 0.4) is 0 Å². The van der Waals surface area contributed by atoms with Crippen molar-refractivity contribution >= 4 is 11.9 Å². The van der Waals surface area contributed by atoms with Gasteiger partial charge in [0.1, 0.15) is 0 Å². The van der Waals surface area contributed by atoms with Gasteiger partial charge in [-0.3, -0.25) is 9.59 Å². The Labute approximate surface area is 121 Å². The maximum Gasteiger partial charge on any atom is 0.308 e. The average Bonchev–Trinajstić information content (AvgIpc) is 2.46. The molecule has 1 aliphatic rings. The van der Waals surface area contributed by atoms with Gasteiger partial charge in [0.15, 0.2) is 0 Å². The molecule has 118 valence electrons. The van der Waals surface area contributed by atoms with Gasteiger partial charge in [0.05, 0.1) is 20.1 Å². The minimum absolute atomic E-state index is 0. The van der Waals surface area contributed by atoms with Gasteiger partial charge in [0, 0.05) is 12.5 Å². The highest BCUT2D eigenvalue weighted by atomic mass is 16.5. The van der Waals surface area contributed by atoms with Crippen LogP contribution in [0.1, 0.15) is 44.9 Å². The van der Waals surface area contributed by atoms with E-state index in [1.165, 1.54) is 14.2 Å². The van der Waals surface area contributed by atoms with Crippen molar-refractivity contribution in [2.24, 2.45) is 5.92 Å². The summed E-state index contributed by atoms with van der Waals surface area (Å²) >= 11 is 0. The number of hydrogen-bond acceptors (Lipinski definition) is 6. The second-order valence-electron chi connectivity index (χ2n) is 5.06. The number of esters is 2. The van der Waals surface area contributed by atoms with E-state index in [1.54, 1.807) is 0 Å². The molecule has 0 bridgehead atoms. The molecule has 1 rings (SSSR count). The third-order valence-corrected chi connectivity index (χ3v) is 3.73. The second kappa shape index (κ2) is 10.6. The van der Waals surface area contributed by atoms with Gasteiger partial charge in [0.2, 0.25) is 0 Å². The van der Waals surface area contributed by atoms with Gasteiger partial charge in [-0.1, -0.05) is 0 Å². The molecule has 0 aromatic rings. The van der Waals surface area contributed by atoms with Crippen LogP contribution in [0, 0.1) is 5.92 Å². The largest absolute Gasteiger partial charge is 0.469 e. The fourth-order valence-corrected chi connectivity index (χ4v) is 2.50. The first-order valence-electron chi connectivity index (χ1n) is 7.05. The van der Waals surface area contributed by atoms with Crippen LogP contribution in [0.4, 0.5) is 0 Å². The molecule has 6 heteroatoms. The monoisotopic (exact) mass is 288 g/mol. The number of nitrogens with one attached hydrogen (secondary N) is 1. The molecule has 0 spiro atoms. The van der Waals surface area contributed by atoms with Crippen molar-refractivity contribution < 1.29 is 19.1 Å².